The predicted molar refractivity (Wildman–Crippen MR) is 78.9 cm³/mol. The fraction of sp³-hybridized carbons (Fsp3) is 0.467. The van der Waals surface area contributed by atoms with E-state index in [1.807, 2.05) is 12.3 Å². The molecule has 3 heterocycles. The molecule has 0 unspecified atom stereocenters. The molecule has 2 N–H and O–H groups in total. The van der Waals surface area contributed by atoms with Crippen molar-refractivity contribution in [3.8, 4) is 0 Å². The molecule has 20 heavy (non-hydrogen) atoms. The van der Waals surface area contributed by atoms with Gasteiger partial charge in [0.05, 0.1) is 5.69 Å². The van der Waals surface area contributed by atoms with Crippen molar-refractivity contribution in [2.75, 3.05) is 23.3 Å². The molecule has 1 saturated carbocycles. The number of aromatic amines is 1. The van der Waals surface area contributed by atoms with Crippen molar-refractivity contribution in [2.45, 2.75) is 25.7 Å². The Hall–Kier alpha value is -2.04. The number of nitrogens with zero attached hydrogens (tertiary/aromatic N) is 2. The maximum Gasteiger partial charge on any atom is 0.228 e. The number of hydrogen-bond acceptors (Lipinski definition) is 3. The molecular weight excluding hydrogens is 252 g/mol. The van der Waals surface area contributed by atoms with Crippen LogP contribution in [0.15, 0.2) is 18.3 Å². The standard InChI is InChI=1S/C15H18N4O/c20-15(10-3-4-10)18-13-9-12(19-7-1-2-8-19)11-5-6-16-14(11)17-13/h5-6,9-10H,1-4,7-8H2,(H2,16,17,18,20). The van der Waals surface area contributed by atoms with E-state index in [1.165, 1.54) is 18.5 Å². The van der Waals surface area contributed by atoms with Crippen molar-refractivity contribution < 1.29 is 4.79 Å². The maximum absolute atomic E-state index is 11.9. The maximum atomic E-state index is 11.9. The Morgan fingerprint density at radius 1 is 1.35 bits per heavy atom. The van der Waals surface area contributed by atoms with Crippen molar-refractivity contribution in [3.05, 3.63) is 18.3 Å². The van der Waals surface area contributed by atoms with Gasteiger partial charge in [0.15, 0.2) is 0 Å². The minimum atomic E-state index is 0.107. The summed E-state index contributed by atoms with van der Waals surface area (Å²) >= 11 is 0. The van der Waals surface area contributed by atoms with Crippen molar-refractivity contribution in [1.82, 2.24) is 9.97 Å². The van der Waals surface area contributed by atoms with Gasteiger partial charge < -0.3 is 15.2 Å². The van der Waals surface area contributed by atoms with E-state index in [0.29, 0.717) is 5.82 Å². The summed E-state index contributed by atoms with van der Waals surface area (Å²) in [6, 6.07) is 4.07. The van der Waals surface area contributed by atoms with Crippen molar-refractivity contribution in [1.29, 1.82) is 0 Å². The molecule has 0 aromatic carbocycles. The fourth-order valence-corrected chi connectivity index (χ4v) is 2.88. The zero-order valence-corrected chi connectivity index (χ0v) is 11.4. The van der Waals surface area contributed by atoms with Gasteiger partial charge in [0.1, 0.15) is 11.5 Å². The average molecular weight is 270 g/mol. The van der Waals surface area contributed by atoms with Crippen molar-refractivity contribution >= 4 is 28.4 Å². The van der Waals surface area contributed by atoms with Crippen LogP contribution in [-0.4, -0.2) is 29.0 Å². The summed E-state index contributed by atoms with van der Waals surface area (Å²) in [4.78, 5) is 21.9. The molecular formula is C15H18N4O. The third-order valence-electron chi connectivity index (χ3n) is 4.15. The lowest BCUT2D eigenvalue weighted by molar-refractivity contribution is -0.117. The summed E-state index contributed by atoms with van der Waals surface area (Å²) in [7, 11) is 0. The molecule has 2 fully saturated rings. The lowest BCUT2D eigenvalue weighted by Crippen LogP contribution is -2.19. The summed E-state index contributed by atoms with van der Waals surface area (Å²) in [5.74, 6) is 0.973. The minimum Gasteiger partial charge on any atom is -0.371 e. The van der Waals surface area contributed by atoms with E-state index >= 15 is 0 Å². The highest BCUT2D eigenvalue weighted by molar-refractivity contribution is 5.97. The third kappa shape index (κ3) is 2.03. The summed E-state index contributed by atoms with van der Waals surface area (Å²) in [5.41, 5.74) is 2.03. The lowest BCUT2D eigenvalue weighted by atomic mass is 10.2. The molecule has 5 heteroatoms. The van der Waals surface area contributed by atoms with Crippen LogP contribution in [0.4, 0.5) is 11.5 Å². The number of hydrogen-bond donors (Lipinski definition) is 2. The van der Waals surface area contributed by atoms with Gasteiger partial charge in [-0.3, -0.25) is 4.79 Å². The highest BCUT2D eigenvalue weighted by Crippen LogP contribution is 2.33. The lowest BCUT2D eigenvalue weighted by Gasteiger charge is -2.19. The molecule has 1 aliphatic carbocycles. The molecule has 0 atom stereocenters. The highest BCUT2D eigenvalue weighted by Gasteiger charge is 2.30. The van der Waals surface area contributed by atoms with Gasteiger partial charge in [-0.05, 0) is 31.7 Å². The zero-order chi connectivity index (χ0) is 13.5. The molecule has 104 valence electrons. The molecule has 4 rings (SSSR count). The van der Waals surface area contributed by atoms with Crippen LogP contribution >= 0.6 is 0 Å². The zero-order valence-electron chi connectivity index (χ0n) is 11.4. The summed E-state index contributed by atoms with van der Waals surface area (Å²) < 4.78 is 0. The predicted octanol–water partition coefficient (Wildman–Crippen LogP) is 2.51. The number of rotatable bonds is 3. The van der Waals surface area contributed by atoms with Gasteiger partial charge >= 0.3 is 0 Å². The molecule has 2 aliphatic rings. The van der Waals surface area contributed by atoms with Crippen molar-refractivity contribution in [3.63, 3.8) is 0 Å². The van der Waals surface area contributed by atoms with E-state index < -0.39 is 0 Å². The third-order valence-corrected chi connectivity index (χ3v) is 4.15. The number of H-pyrrole nitrogens is 1. The first kappa shape index (κ1) is 11.8. The van der Waals surface area contributed by atoms with Gasteiger partial charge in [-0.2, -0.15) is 0 Å². The van der Waals surface area contributed by atoms with E-state index in [9.17, 15) is 4.79 Å². The first-order chi connectivity index (χ1) is 9.81. The van der Waals surface area contributed by atoms with Crippen LogP contribution in [0.3, 0.4) is 0 Å². The van der Waals surface area contributed by atoms with Gasteiger partial charge in [0.25, 0.3) is 0 Å². The SMILES string of the molecule is O=C(Nc1cc(N2CCCC2)c2cc[nH]c2n1)C1CC1. The van der Waals surface area contributed by atoms with Crippen LogP contribution in [0.5, 0.6) is 0 Å². The molecule has 1 saturated heterocycles. The number of anilines is 2. The van der Waals surface area contributed by atoms with Crippen molar-refractivity contribution in [2.24, 2.45) is 5.92 Å². The Labute approximate surface area is 117 Å². The number of amides is 1. The summed E-state index contributed by atoms with van der Waals surface area (Å²) in [5, 5.41) is 4.09. The van der Waals surface area contributed by atoms with Gasteiger partial charge in [-0.15, -0.1) is 0 Å². The average Bonchev–Trinajstić information content (AvgIpc) is 2.97. The number of carbonyl (C=O) groups excluding carboxylic acids is 1. The molecule has 1 aliphatic heterocycles. The Morgan fingerprint density at radius 2 is 2.15 bits per heavy atom. The molecule has 0 spiro atoms. The van der Waals surface area contributed by atoms with Gasteiger partial charge in [0, 0.05) is 36.7 Å². The normalized spacial score (nSPS) is 18.7. The molecule has 2 aromatic heterocycles. The van der Waals surface area contributed by atoms with Gasteiger partial charge in [-0.1, -0.05) is 0 Å². The second kappa shape index (κ2) is 4.51. The summed E-state index contributed by atoms with van der Waals surface area (Å²) in [6.45, 7) is 2.17. The molecule has 2 aromatic rings. The molecule has 0 radical (unpaired) electrons. The number of fused-ring (bicyclic) bond motifs is 1. The topological polar surface area (TPSA) is 61.0 Å². The minimum absolute atomic E-state index is 0.107. The van der Waals surface area contributed by atoms with E-state index in [1.54, 1.807) is 0 Å². The number of nitrogens with one attached hydrogen (secondary N) is 2. The number of carbonyl (C=O) groups is 1. The van der Waals surface area contributed by atoms with Crippen LogP contribution in [0.2, 0.25) is 0 Å². The van der Waals surface area contributed by atoms with E-state index in [4.69, 9.17) is 0 Å². The van der Waals surface area contributed by atoms with Crippen LogP contribution < -0.4 is 10.2 Å². The van der Waals surface area contributed by atoms with Crippen LogP contribution in [-0.2, 0) is 4.79 Å². The molecule has 5 nitrogen and oxygen atoms in total. The first-order valence-electron chi connectivity index (χ1n) is 7.35. The van der Waals surface area contributed by atoms with E-state index in [0.717, 1.165) is 37.0 Å². The molecule has 1 amide bonds. The van der Waals surface area contributed by atoms with Crippen LogP contribution in [0.25, 0.3) is 11.0 Å². The Kier molecular flexibility index (Phi) is 2.65. The Balaban J connectivity index is 1.71. The first-order valence-corrected chi connectivity index (χ1v) is 7.35. The monoisotopic (exact) mass is 270 g/mol. The fourth-order valence-electron chi connectivity index (χ4n) is 2.88. The Bertz CT molecular complexity index is 653. The second-order valence-corrected chi connectivity index (χ2v) is 5.72. The Morgan fingerprint density at radius 3 is 2.90 bits per heavy atom. The quantitative estimate of drug-likeness (QED) is 0.901. The van der Waals surface area contributed by atoms with Gasteiger partial charge in [0.2, 0.25) is 5.91 Å². The van der Waals surface area contributed by atoms with E-state index in [2.05, 4.69) is 26.3 Å². The highest BCUT2D eigenvalue weighted by atomic mass is 16.2. The second-order valence-electron chi connectivity index (χ2n) is 5.72. The molecule has 0 bridgehead atoms. The smallest absolute Gasteiger partial charge is 0.228 e. The van der Waals surface area contributed by atoms with Crippen LogP contribution in [0, 0.1) is 5.92 Å². The van der Waals surface area contributed by atoms with Gasteiger partial charge in [-0.25, -0.2) is 4.98 Å². The number of pyridine rings is 1. The van der Waals surface area contributed by atoms with Crippen LogP contribution in [0.1, 0.15) is 25.7 Å². The largest absolute Gasteiger partial charge is 0.371 e. The van der Waals surface area contributed by atoms with E-state index in [-0.39, 0.29) is 11.8 Å². The number of aromatic nitrogens is 2. The summed E-state index contributed by atoms with van der Waals surface area (Å²) in [6.07, 6.45) is 6.39.